The minimum atomic E-state index is -0.317. The molecule has 17 heavy (non-hydrogen) atoms. The number of hydrogen-bond donors (Lipinski definition) is 1. The minimum absolute atomic E-state index is 0.317. The van der Waals surface area contributed by atoms with E-state index < -0.39 is 0 Å². The van der Waals surface area contributed by atoms with E-state index in [2.05, 4.69) is 17.2 Å². The molecule has 0 atom stereocenters. The highest BCUT2D eigenvalue weighted by Gasteiger charge is 2.10. The summed E-state index contributed by atoms with van der Waals surface area (Å²) in [4.78, 5) is 4.24. The summed E-state index contributed by atoms with van der Waals surface area (Å²) in [5.41, 5.74) is 1.19. The Bertz CT molecular complexity index is 482. The monoisotopic (exact) mass is 234 g/mol. The van der Waals surface area contributed by atoms with Crippen LogP contribution in [0.5, 0.6) is 0 Å². The number of rotatable bonds is 5. The molecule has 3 nitrogen and oxygen atoms in total. The second-order valence-corrected chi connectivity index (χ2v) is 3.80. The van der Waals surface area contributed by atoms with E-state index in [4.69, 9.17) is 4.42 Å². The highest BCUT2D eigenvalue weighted by molar-refractivity contribution is 5.53. The average molecular weight is 234 g/mol. The lowest BCUT2D eigenvalue weighted by Gasteiger charge is -1.98. The summed E-state index contributed by atoms with van der Waals surface area (Å²) in [6.45, 7) is 3.67. The van der Waals surface area contributed by atoms with Crippen LogP contribution in [0.4, 0.5) is 4.39 Å². The van der Waals surface area contributed by atoms with Crippen molar-refractivity contribution in [1.82, 2.24) is 10.3 Å². The molecule has 0 unspecified atom stereocenters. The van der Waals surface area contributed by atoms with E-state index in [1.165, 1.54) is 6.07 Å². The van der Waals surface area contributed by atoms with Crippen LogP contribution in [-0.4, -0.2) is 11.5 Å². The van der Waals surface area contributed by atoms with Gasteiger partial charge in [-0.1, -0.05) is 19.1 Å². The third kappa shape index (κ3) is 2.91. The molecular formula is C13H15FN2O. The van der Waals surface area contributed by atoms with Gasteiger partial charge in [0.1, 0.15) is 12.1 Å². The number of hydrogen-bond acceptors (Lipinski definition) is 3. The first kappa shape index (κ1) is 11.8. The summed E-state index contributed by atoms with van der Waals surface area (Å²) in [5.74, 6) is 0.0128. The topological polar surface area (TPSA) is 38.1 Å². The molecule has 0 spiro atoms. The second kappa shape index (κ2) is 5.59. The van der Waals surface area contributed by atoms with Crippen molar-refractivity contribution >= 4 is 0 Å². The molecule has 0 aliphatic carbocycles. The smallest absolute Gasteiger partial charge is 0.229 e. The van der Waals surface area contributed by atoms with Crippen LogP contribution in [0.2, 0.25) is 0 Å². The molecule has 1 aromatic heterocycles. The maximum atomic E-state index is 13.5. The predicted molar refractivity (Wildman–Crippen MR) is 63.9 cm³/mol. The molecule has 1 N–H and O–H groups in total. The molecule has 0 bridgehead atoms. The molecular weight excluding hydrogens is 219 g/mol. The van der Waals surface area contributed by atoms with Gasteiger partial charge in [-0.2, -0.15) is 0 Å². The summed E-state index contributed by atoms with van der Waals surface area (Å²) in [7, 11) is 0. The lowest BCUT2D eigenvalue weighted by molar-refractivity contribution is 0.559. The second-order valence-electron chi connectivity index (χ2n) is 3.80. The van der Waals surface area contributed by atoms with Crippen molar-refractivity contribution in [2.45, 2.75) is 19.9 Å². The van der Waals surface area contributed by atoms with Gasteiger partial charge in [0.15, 0.2) is 0 Å². The van der Waals surface area contributed by atoms with Crippen LogP contribution in [0.1, 0.15) is 19.0 Å². The van der Waals surface area contributed by atoms with Gasteiger partial charge in [0, 0.05) is 6.54 Å². The Morgan fingerprint density at radius 1 is 1.35 bits per heavy atom. The molecule has 0 amide bonds. The summed E-state index contributed by atoms with van der Waals surface area (Å²) in [6, 6.07) is 6.46. The number of oxazole rings is 1. The van der Waals surface area contributed by atoms with Crippen LogP contribution in [0, 0.1) is 5.82 Å². The molecule has 4 heteroatoms. The van der Waals surface area contributed by atoms with Crippen molar-refractivity contribution in [3.8, 4) is 11.5 Å². The van der Waals surface area contributed by atoms with Gasteiger partial charge in [-0.25, -0.2) is 9.37 Å². The van der Waals surface area contributed by atoms with Crippen LogP contribution >= 0.6 is 0 Å². The molecule has 90 valence electrons. The molecule has 0 aliphatic heterocycles. The lowest BCUT2D eigenvalue weighted by atomic mass is 10.2. The predicted octanol–water partition coefficient (Wildman–Crippen LogP) is 2.98. The Morgan fingerprint density at radius 3 is 2.94 bits per heavy atom. The fourth-order valence-electron chi connectivity index (χ4n) is 1.54. The quantitative estimate of drug-likeness (QED) is 0.808. The van der Waals surface area contributed by atoms with Gasteiger partial charge in [0.2, 0.25) is 5.89 Å². The number of benzene rings is 1. The van der Waals surface area contributed by atoms with Crippen molar-refractivity contribution in [2.24, 2.45) is 0 Å². The van der Waals surface area contributed by atoms with E-state index in [-0.39, 0.29) is 5.82 Å². The number of nitrogens with zero attached hydrogens (tertiary/aromatic N) is 1. The van der Waals surface area contributed by atoms with Crippen molar-refractivity contribution in [1.29, 1.82) is 0 Å². The molecule has 2 rings (SSSR count). The molecule has 2 aromatic rings. The Labute approximate surface area is 99.7 Å². The van der Waals surface area contributed by atoms with Crippen molar-refractivity contribution in [2.75, 3.05) is 6.54 Å². The lowest BCUT2D eigenvalue weighted by Crippen LogP contribution is -2.13. The van der Waals surface area contributed by atoms with Crippen LogP contribution in [0.15, 0.2) is 34.9 Å². The van der Waals surface area contributed by atoms with Crippen LogP contribution < -0.4 is 5.32 Å². The van der Waals surface area contributed by atoms with E-state index in [9.17, 15) is 4.39 Å². The van der Waals surface area contributed by atoms with Gasteiger partial charge in [0.05, 0.1) is 11.3 Å². The maximum Gasteiger partial charge on any atom is 0.229 e. The van der Waals surface area contributed by atoms with Crippen molar-refractivity contribution in [3.63, 3.8) is 0 Å². The van der Waals surface area contributed by atoms with E-state index in [0.29, 0.717) is 18.0 Å². The van der Waals surface area contributed by atoms with Gasteiger partial charge in [-0.05, 0) is 25.1 Å². The zero-order valence-electron chi connectivity index (χ0n) is 9.74. The molecule has 1 heterocycles. The van der Waals surface area contributed by atoms with Gasteiger partial charge in [0.25, 0.3) is 0 Å². The summed E-state index contributed by atoms with van der Waals surface area (Å²) < 4.78 is 18.7. The number of aromatic nitrogens is 1. The summed E-state index contributed by atoms with van der Waals surface area (Å²) in [5, 5.41) is 3.21. The third-order valence-electron chi connectivity index (χ3n) is 2.39. The number of halogens is 1. The van der Waals surface area contributed by atoms with Crippen LogP contribution in [0.25, 0.3) is 11.5 Å². The maximum absolute atomic E-state index is 13.5. The fourth-order valence-corrected chi connectivity index (χ4v) is 1.54. The first-order valence-electron chi connectivity index (χ1n) is 5.71. The zero-order valence-corrected chi connectivity index (χ0v) is 9.74. The van der Waals surface area contributed by atoms with Crippen molar-refractivity contribution < 1.29 is 8.81 Å². The Balaban J connectivity index is 2.10. The molecule has 1 aromatic carbocycles. The first-order valence-corrected chi connectivity index (χ1v) is 5.71. The van der Waals surface area contributed by atoms with Crippen LogP contribution in [0.3, 0.4) is 0 Å². The van der Waals surface area contributed by atoms with Gasteiger partial charge < -0.3 is 9.73 Å². The van der Waals surface area contributed by atoms with E-state index in [1.54, 1.807) is 24.5 Å². The minimum Gasteiger partial charge on any atom is -0.444 e. The zero-order chi connectivity index (χ0) is 12.1. The largest absolute Gasteiger partial charge is 0.444 e. The van der Waals surface area contributed by atoms with E-state index in [1.807, 2.05) is 0 Å². The van der Waals surface area contributed by atoms with E-state index in [0.717, 1.165) is 18.7 Å². The SMILES string of the molecule is CCCNCc1coc(-c2ccccc2F)n1. The van der Waals surface area contributed by atoms with Gasteiger partial charge in [-0.15, -0.1) is 0 Å². The van der Waals surface area contributed by atoms with Gasteiger partial charge >= 0.3 is 0 Å². The fraction of sp³-hybridized carbons (Fsp3) is 0.308. The highest BCUT2D eigenvalue weighted by atomic mass is 19.1. The number of nitrogens with one attached hydrogen (secondary N) is 1. The molecule has 0 saturated carbocycles. The van der Waals surface area contributed by atoms with Crippen molar-refractivity contribution in [3.05, 3.63) is 42.0 Å². The van der Waals surface area contributed by atoms with Crippen LogP contribution in [-0.2, 0) is 6.54 Å². The summed E-state index contributed by atoms with van der Waals surface area (Å²) in [6.07, 6.45) is 2.63. The molecule has 0 fully saturated rings. The Morgan fingerprint density at radius 2 is 2.18 bits per heavy atom. The third-order valence-corrected chi connectivity index (χ3v) is 2.39. The van der Waals surface area contributed by atoms with E-state index >= 15 is 0 Å². The van der Waals surface area contributed by atoms with Gasteiger partial charge in [-0.3, -0.25) is 0 Å². The highest BCUT2D eigenvalue weighted by Crippen LogP contribution is 2.21. The molecule has 0 aliphatic rings. The molecule has 0 saturated heterocycles. The normalized spacial score (nSPS) is 10.7. The standard InChI is InChI=1S/C13H15FN2O/c1-2-7-15-8-10-9-17-13(16-10)11-5-3-4-6-12(11)14/h3-6,9,15H,2,7-8H2,1H3. The summed E-state index contributed by atoms with van der Waals surface area (Å²) >= 11 is 0. The Kier molecular flexibility index (Phi) is 3.88. The molecule has 0 radical (unpaired) electrons. The Hall–Kier alpha value is -1.68. The average Bonchev–Trinajstić information content (AvgIpc) is 2.79. The first-order chi connectivity index (χ1) is 8.31.